The lowest BCUT2D eigenvalue weighted by molar-refractivity contribution is -0.148. The maximum Gasteiger partial charge on any atom is 0.331 e. The number of rotatable bonds is 7. The highest BCUT2D eigenvalue weighted by Crippen LogP contribution is 2.27. The molecule has 0 aliphatic carbocycles. The van der Waals surface area contributed by atoms with Crippen molar-refractivity contribution in [1.82, 2.24) is 0 Å². The number of halogens is 1. The molecule has 106 valence electrons. The van der Waals surface area contributed by atoms with Crippen molar-refractivity contribution in [1.29, 1.82) is 0 Å². The first kappa shape index (κ1) is 16.0. The Morgan fingerprint density at radius 2 is 2.16 bits per heavy atom. The zero-order chi connectivity index (χ0) is 14.3. The monoisotopic (exact) mass is 329 g/mol. The molecule has 0 aromatic heterocycles. The lowest BCUT2D eigenvalue weighted by Gasteiger charge is -2.30. The van der Waals surface area contributed by atoms with Crippen LogP contribution in [-0.2, 0) is 9.53 Å². The highest BCUT2D eigenvalue weighted by molar-refractivity contribution is 9.10. The number of esters is 1. The number of benzene rings is 1. The highest BCUT2D eigenvalue weighted by Gasteiger charge is 2.34. The van der Waals surface area contributed by atoms with Crippen LogP contribution in [0.5, 0.6) is 0 Å². The van der Waals surface area contributed by atoms with Gasteiger partial charge < -0.3 is 15.2 Å². The summed E-state index contributed by atoms with van der Waals surface area (Å²) < 4.78 is 6.00. The molecule has 0 saturated carbocycles. The van der Waals surface area contributed by atoms with Gasteiger partial charge in [-0.15, -0.1) is 0 Å². The summed E-state index contributed by atoms with van der Waals surface area (Å²) in [4.78, 5) is 12.1. The Morgan fingerprint density at radius 3 is 2.74 bits per heavy atom. The van der Waals surface area contributed by atoms with E-state index in [-0.39, 0.29) is 12.6 Å². The summed E-state index contributed by atoms with van der Waals surface area (Å²) in [6, 6.07) is 7.59. The smallest absolute Gasteiger partial charge is 0.331 e. The Kier molecular flexibility index (Phi) is 6.31. The minimum atomic E-state index is -0.845. The second-order valence-corrected chi connectivity index (χ2v) is 5.34. The summed E-state index contributed by atoms with van der Waals surface area (Å²) in [6.45, 7) is 3.96. The number of aliphatic hydroxyl groups is 1. The first-order valence-corrected chi connectivity index (χ1v) is 7.13. The van der Waals surface area contributed by atoms with Crippen LogP contribution >= 0.6 is 15.9 Å². The average molecular weight is 330 g/mol. The second-order valence-electron chi connectivity index (χ2n) is 4.48. The Morgan fingerprint density at radius 1 is 1.47 bits per heavy atom. The SMILES string of the molecule is CCOC(=O)C(C)(CCCO)Nc1ccccc1Br. The van der Waals surface area contributed by atoms with Gasteiger partial charge in [0.2, 0.25) is 0 Å². The Bertz CT molecular complexity index is 425. The van der Waals surface area contributed by atoms with E-state index in [1.165, 1.54) is 0 Å². The van der Waals surface area contributed by atoms with E-state index in [9.17, 15) is 4.79 Å². The fourth-order valence-electron chi connectivity index (χ4n) is 1.80. The Hall–Kier alpha value is -1.07. The summed E-state index contributed by atoms with van der Waals surface area (Å²) in [5.41, 5.74) is -0.0150. The molecule has 0 bridgehead atoms. The molecule has 1 unspecified atom stereocenters. The van der Waals surface area contributed by atoms with Gasteiger partial charge in [-0.2, -0.15) is 0 Å². The normalized spacial score (nSPS) is 13.7. The lowest BCUT2D eigenvalue weighted by atomic mass is 9.95. The molecular formula is C14H20BrNO3. The van der Waals surface area contributed by atoms with E-state index in [1.807, 2.05) is 24.3 Å². The number of ether oxygens (including phenoxy) is 1. The van der Waals surface area contributed by atoms with Gasteiger partial charge in [-0.25, -0.2) is 4.79 Å². The van der Waals surface area contributed by atoms with Crippen LogP contribution in [0.1, 0.15) is 26.7 Å². The van der Waals surface area contributed by atoms with Crippen LogP contribution in [0.2, 0.25) is 0 Å². The third kappa shape index (κ3) is 4.51. The molecule has 0 amide bonds. The van der Waals surface area contributed by atoms with Gasteiger partial charge in [0, 0.05) is 16.8 Å². The van der Waals surface area contributed by atoms with Gasteiger partial charge in [-0.1, -0.05) is 12.1 Å². The van der Waals surface area contributed by atoms with E-state index in [2.05, 4.69) is 21.2 Å². The standard InChI is InChI=1S/C14H20BrNO3/c1-3-19-13(18)14(2,9-6-10-17)16-12-8-5-4-7-11(12)15/h4-5,7-8,16-17H,3,6,9-10H2,1-2H3. The van der Waals surface area contributed by atoms with Crippen molar-refractivity contribution in [2.24, 2.45) is 0 Å². The van der Waals surface area contributed by atoms with Crippen molar-refractivity contribution < 1.29 is 14.6 Å². The third-order valence-corrected chi connectivity index (χ3v) is 3.54. The molecule has 2 N–H and O–H groups in total. The molecule has 0 radical (unpaired) electrons. The minimum absolute atomic E-state index is 0.0482. The number of nitrogens with one attached hydrogen (secondary N) is 1. The highest BCUT2D eigenvalue weighted by atomic mass is 79.9. The van der Waals surface area contributed by atoms with Crippen molar-refractivity contribution in [2.75, 3.05) is 18.5 Å². The minimum Gasteiger partial charge on any atom is -0.464 e. The van der Waals surface area contributed by atoms with Gasteiger partial charge in [-0.3, -0.25) is 0 Å². The van der Waals surface area contributed by atoms with E-state index in [0.29, 0.717) is 19.4 Å². The number of carbonyl (C=O) groups is 1. The number of aliphatic hydroxyl groups excluding tert-OH is 1. The summed E-state index contributed by atoms with van der Waals surface area (Å²) in [7, 11) is 0. The van der Waals surface area contributed by atoms with Crippen molar-refractivity contribution in [3.63, 3.8) is 0 Å². The predicted octanol–water partition coefficient (Wildman–Crippen LogP) is 2.96. The molecule has 4 nitrogen and oxygen atoms in total. The van der Waals surface area contributed by atoms with Crippen LogP contribution < -0.4 is 5.32 Å². The summed E-state index contributed by atoms with van der Waals surface area (Å²) in [5, 5.41) is 12.2. The van der Waals surface area contributed by atoms with Gasteiger partial charge in [0.15, 0.2) is 0 Å². The largest absolute Gasteiger partial charge is 0.464 e. The molecule has 0 fully saturated rings. The van der Waals surface area contributed by atoms with E-state index >= 15 is 0 Å². The molecule has 0 spiro atoms. The molecule has 5 heteroatoms. The number of anilines is 1. The molecule has 1 aromatic carbocycles. The summed E-state index contributed by atoms with van der Waals surface area (Å²) >= 11 is 3.44. The maximum atomic E-state index is 12.1. The molecule has 0 aliphatic heterocycles. The van der Waals surface area contributed by atoms with Crippen LogP contribution in [0.15, 0.2) is 28.7 Å². The fraction of sp³-hybridized carbons (Fsp3) is 0.500. The maximum absolute atomic E-state index is 12.1. The zero-order valence-electron chi connectivity index (χ0n) is 11.3. The van der Waals surface area contributed by atoms with Gasteiger partial charge in [-0.05, 0) is 54.8 Å². The Labute approximate surface area is 122 Å². The van der Waals surface area contributed by atoms with E-state index in [4.69, 9.17) is 9.84 Å². The van der Waals surface area contributed by atoms with Crippen LogP contribution in [0.3, 0.4) is 0 Å². The molecule has 0 saturated heterocycles. The van der Waals surface area contributed by atoms with Crippen molar-refractivity contribution in [3.05, 3.63) is 28.7 Å². The molecule has 1 atom stereocenters. The molecule has 1 aromatic rings. The second kappa shape index (κ2) is 7.50. The van der Waals surface area contributed by atoms with Gasteiger partial charge in [0.1, 0.15) is 5.54 Å². The molecule has 19 heavy (non-hydrogen) atoms. The average Bonchev–Trinajstić information content (AvgIpc) is 2.39. The zero-order valence-corrected chi connectivity index (χ0v) is 12.9. The Balaban J connectivity index is 2.91. The van der Waals surface area contributed by atoms with Gasteiger partial charge in [0.05, 0.1) is 6.61 Å². The van der Waals surface area contributed by atoms with Crippen molar-refractivity contribution in [3.8, 4) is 0 Å². The van der Waals surface area contributed by atoms with Gasteiger partial charge in [0.25, 0.3) is 0 Å². The summed E-state index contributed by atoms with van der Waals surface area (Å²) in [5.74, 6) is -0.306. The van der Waals surface area contributed by atoms with Crippen LogP contribution in [0.4, 0.5) is 5.69 Å². The fourth-order valence-corrected chi connectivity index (χ4v) is 2.18. The van der Waals surface area contributed by atoms with E-state index < -0.39 is 5.54 Å². The number of para-hydroxylation sites is 1. The molecule has 1 rings (SSSR count). The summed E-state index contributed by atoms with van der Waals surface area (Å²) in [6.07, 6.45) is 1.04. The predicted molar refractivity (Wildman–Crippen MR) is 79.1 cm³/mol. The van der Waals surface area contributed by atoms with Gasteiger partial charge >= 0.3 is 5.97 Å². The van der Waals surface area contributed by atoms with Crippen LogP contribution in [-0.4, -0.2) is 29.8 Å². The molecule has 0 aliphatic rings. The molecular weight excluding hydrogens is 310 g/mol. The first-order chi connectivity index (χ1) is 9.03. The third-order valence-electron chi connectivity index (χ3n) is 2.85. The van der Waals surface area contributed by atoms with E-state index in [0.717, 1.165) is 10.2 Å². The van der Waals surface area contributed by atoms with Crippen LogP contribution in [0.25, 0.3) is 0 Å². The van der Waals surface area contributed by atoms with Crippen molar-refractivity contribution in [2.45, 2.75) is 32.2 Å². The number of hydrogen-bond donors (Lipinski definition) is 2. The van der Waals surface area contributed by atoms with Crippen molar-refractivity contribution >= 4 is 27.6 Å². The lowest BCUT2D eigenvalue weighted by Crippen LogP contribution is -2.45. The number of carbonyl (C=O) groups excluding carboxylic acids is 1. The van der Waals surface area contributed by atoms with Crippen LogP contribution in [0, 0.1) is 0 Å². The number of hydrogen-bond acceptors (Lipinski definition) is 4. The topological polar surface area (TPSA) is 58.6 Å². The quantitative estimate of drug-likeness (QED) is 0.755. The first-order valence-electron chi connectivity index (χ1n) is 6.34. The molecule has 0 heterocycles. The van der Waals surface area contributed by atoms with E-state index in [1.54, 1.807) is 13.8 Å².